The van der Waals surface area contributed by atoms with Crippen LogP contribution < -0.4 is 4.74 Å². The van der Waals surface area contributed by atoms with Gasteiger partial charge < -0.3 is 19.5 Å². The second kappa shape index (κ2) is 7.02. The van der Waals surface area contributed by atoms with Gasteiger partial charge in [-0.05, 0) is 25.0 Å². The second-order valence-electron chi connectivity index (χ2n) is 6.52. The lowest BCUT2D eigenvalue weighted by Crippen LogP contribution is -2.40. The Balaban J connectivity index is 1.87. The lowest BCUT2D eigenvalue weighted by atomic mass is 9.72. The molecule has 0 saturated carbocycles. The number of ether oxygens (including phenoxy) is 2. The number of aliphatic carboxylic acids is 1. The smallest absolute Gasteiger partial charge is 0.308 e. The fraction of sp³-hybridized carbons (Fsp3) is 0.529. The van der Waals surface area contributed by atoms with Gasteiger partial charge in [-0.25, -0.2) is 0 Å². The van der Waals surface area contributed by atoms with Crippen LogP contribution in [0.15, 0.2) is 12.1 Å². The molecule has 2 fully saturated rings. The maximum atomic E-state index is 12.9. The molecule has 1 N–H and O–H groups in total. The third-order valence-electron chi connectivity index (χ3n) is 5.17. The second-order valence-corrected chi connectivity index (χ2v) is 7.34. The van der Waals surface area contributed by atoms with Crippen molar-refractivity contribution in [1.29, 1.82) is 0 Å². The molecule has 2 aliphatic heterocycles. The Morgan fingerprint density at radius 2 is 1.88 bits per heavy atom. The Hall–Kier alpha value is -1.50. The van der Waals surface area contributed by atoms with Crippen molar-refractivity contribution < 1.29 is 24.2 Å². The topological polar surface area (TPSA) is 76.1 Å². The van der Waals surface area contributed by atoms with E-state index in [1.54, 1.807) is 4.90 Å². The van der Waals surface area contributed by atoms with Gasteiger partial charge in [-0.15, -0.1) is 0 Å². The summed E-state index contributed by atoms with van der Waals surface area (Å²) < 4.78 is 10.5. The summed E-state index contributed by atoms with van der Waals surface area (Å²) in [6.45, 7) is 1.61. The summed E-state index contributed by atoms with van der Waals surface area (Å²) in [7, 11) is 1.45. The molecule has 2 saturated heterocycles. The van der Waals surface area contributed by atoms with E-state index in [1.165, 1.54) is 19.2 Å². The van der Waals surface area contributed by atoms with E-state index in [1.807, 2.05) is 0 Å². The Labute approximate surface area is 155 Å². The summed E-state index contributed by atoms with van der Waals surface area (Å²) in [5, 5.41) is 10.1. The van der Waals surface area contributed by atoms with Crippen LogP contribution in [0.5, 0.6) is 5.75 Å². The number of carbonyl (C=O) groups excluding carboxylic acids is 1. The fourth-order valence-corrected chi connectivity index (χ4v) is 4.45. The van der Waals surface area contributed by atoms with Crippen LogP contribution in [0.1, 0.15) is 23.2 Å². The highest BCUT2D eigenvalue weighted by Gasteiger charge is 2.52. The van der Waals surface area contributed by atoms with Gasteiger partial charge in [0.15, 0.2) is 5.75 Å². The maximum Gasteiger partial charge on any atom is 0.308 e. The van der Waals surface area contributed by atoms with Crippen LogP contribution in [-0.2, 0) is 9.53 Å². The summed E-state index contributed by atoms with van der Waals surface area (Å²) in [5.74, 6) is -1.43. The molecule has 2 heterocycles. The summed E-state index contributed by atoms with van der Waals surface area (Å²) in [6.07, 6.45) is 1.27. The number of methoxy groups -OCH3 is 1. The first-order chi connectivity index (χ1) is 11.9. The van der Waals surface area contributed by atoms with Crippen molar-refractivity contribution in [2.24, 2.45) is 11.3 Å². The average Bonchev–Trinajstić information content (AvgIpc) is 2.93. The fourth-order valence-electron chi connectivity index (χ4n) is 3.81. The quantitative estimate of drug-likeness (QED) is 0.862. The molecule has 1 unspecified atom stereocenters. The highest BCUT2D eigenvalue weighted by molar-refractivity contribution is 6.37. The molecule has 1 amide bonds. The lowest BCUT2D eigenvalue weighted by molar-refractivity contribution is -0.146. The number of amides is 1. The summed E-state index contributed by atoms with van der Waals surface area (Å²) in [4.78, 5) is 26.2. The Bertz CT molecular complexity index is 679. The van der Waals surface area contributed by atoms with E-state index in [0.29, 0.717) is 43.9 Å². The monoisotopic (exact) mass is 387 g/mol. The molecule has 1 aromatic carbocycles. The Kier molecular flexibility index (Phi) is 5.14. The zero-order chi connectivity index (χ0) is 18.2. The highest BCUT2D eigenvalue weighted by atomic mass is 35.5. The SMILES string of the molecule is COc1c(Cl)cc(C(=O)N2CC(C(=O)O)C3(CCOCC3)C2)cc1Cl. The lowest BCUT2D eigenvalue weighted by Gasteiger charge is -2.36. The first-order valence-electron chi connectivity index (χ1n) is 8.01. The molecule has 8 heteroatoms. The number of carboxylic acids is 1. The van der Waals surface area contributed by atoms with E-state index in [0.717, 1.165) is 0 Å². The van der Waals surface area contributed by atoms with Gasteiger partial charge in [-0.2, -0.15) is 0 Å². The van der Waals surface area contributed by atoms with Crippen LogP contribution in [0.2, 0.25) is 10.0 Å². The van der Waals surface area contributed by atoms with Gasteiger partial charge >= 0.3 is 5.97 Å². The molecule has 1 spiro atoms. The zero-order valence-corrected chi connectivity index (χ0v) is 15.3. The minimum absolute atomic E-state index is 0.176. The third kappa shape index (κ3) is 3.30. The molecule has 2 aliphatic rings. The summed E-state index contributed by atoms with van der Waals surface area (Å²) in [5.41, 5.74) is -0.108. The number of halogens is 2. The van der Waals surface area contributed by atoms with E-state index in [2.05, 4.69) is 0 Å². The van der Waals surface area contributed by atoms with E-state index in [4.69, 9.17) is 32.7 Å². The van der Waals surface area contributed by atoms with Crippen LogP contribution in [0.3, 0.4) is 0 Å². The van der Waals surface area contributed by atoms with E-state index >= 15 is 0 Å². The molecule has 3 rings (SSSR count). The molecule has 0 radical (unpaired) electrons. The standard InChI is InChI=1S/C17H19Cl2NO5/c1-24-14-12(18)6-10(7-13(14)19)15(21)20-8-11(16(22)23)17(9-20)2-4-25-5-3-17/h6-7,11H,2-5,8-9H2,1H3,(H,22,23). The minimum atomic E-state index is -0.872. The van der Waals surface area contributed by atoms with Crippen molar-refractivity contribution >= 4 is 35.1 Å². The van der Waals surface area contributed by atoms with Gasteiger partial charge in [0.1, 0.15) is 0 Å². The Morgan fingerprint density at radius 3 is 2.40 bits per heavy atom. The van der Waals surface area contributed by atoms with E-state index < -0.39 is 17.3 Å². The summed E-state index contributed by atoms with van der Waals surface area (Å²) >= 11 is 12.2. The van der Waals surface area contributed by atoms with Crippen molar-refractivity contribution in [2.45, 2.75) is 12.8 Å². The summed E-state index contributed by atoms with van der Waals surface area (Å²) in [6, 6.07) is 3.00. The number of benzene rings is 1. The van der Waals surface area contributed by atoms with Crippen LogP contribution in [0.25, 0.3) is 0 Å². The molecule has 0 bridgehead atoms. The van der Waals surface area contributed by atoms with Gasteiger partial charge in [0.2, 0.25) is 0 Å². The van der Waals surface area contributed by atoms with Crippen LogP contribution in [0, 0.1) is 11.3 Å². The molecule has 1 aromatic rings. The number of hydrogen-bond donors (Lipinski definition) is 1. The van der Waals surface area contributed by atoms with E-state index in [-0.39, 0.29) is 22.5 Å². The van der Waals surface area contributed by atoms with Gasteiger partial charge in [-0.3, -0.25) is 9.59 Å². The van der Waals surface area contributed by atoms with Crippen molar-refractivity contribution in [3.8, 4) is 5.75 Å². The van der Waals surface area contributed by atoms with Crippen LogP contribution in [0.4, 0.5) is 0 Å². The normalized spacial score (nSPS) is 22.2. The predicted octanol–water partition coefficient (Wildman–Crippen LogP) is 2.96. The molecule has 6 nitrogen and oxygen atoms in total. The number of carbonyl (C=O) groups is 2. The van der Waals surface area contributed by atoms with Crippen molar-refractivity contribution in [3.63, 3.8) is 0 Å². The number of nitrogens with zero attached hydrogens (tertiary/aromatic N) is 1. The average molecular weight is 388 g/mol. The van der Waals surface area contributed by atoms with Crippen molar-refractivity contribution in [3.05, 3.63) is 27.7 Å². The first kappa shape index (κ1) is 18.3. The molecule has 25 heavy (non-hydrogen) atoms. The largest absolute Gasteiger partial charge is 0.494 e. The van der Waals surface area contributed by atoms with Gasteiger partial charge in [0, 0.05) is 37.3 Å². The van der Waals surface area contributed by atoms with Crippen molar-refractivity contribution in [2.75, 3.05) is 33.4 Å². The number of carboxylic acid groups (broad SMARTS) is 1. The molecular weight excluding hydrogens is 369 g/mol. The maximum absolute atomic E-state index is 12.9. The predicted molar refractivity (Wildman–Crippen MR) is 92.5 cm³/mol. The van der Waals surface area contributed by atoms with Crippen LogP contribution in [-0.4, -0.2) is 55.3 Å². The molecule has 136 valence electrons. The van der Waals surface area contributed by atoms with Gasteiger partial charge in [0.25, 0.3) is 5.91 Å². The van der Waals surface area contributed by atoms with Crippen LogP contribution >= 0.6 is 23.2 Å². The van der Waals surface area contributed by atoms with Crippen molar-refractivity contribution in [1.82, 2.24) is 4.90 Å². The molecular formula is C17H19Cl2NO5. The number of rotatable bonds is 3. The Morgan fingerprint density at radius 1 is 1.28 bits per heavy atom. The molecule has 0 aromatic heterocycles. The number of hydrogen-bond acceptors (Lipinski definition) is 4. The van der Waals surface area contributed by atoms with Gasteiger partial charge in [-0.1, -0.05) is 23.2 Å². The molecule has 1 atom stereocenters. The zero-order valence-electron chi connectivity index (χ0n) is 13.8. The molecule has 0 aliphatic carbocycles. The first-order valence-corrected chi connectivity index (χ1v) is 8.76. The van der Waals surface area contributed by atoms with Gasteiger partial charge in [0.05, 0.1) is 23.1 Å². The third-order valence-corrected chi connectivity index (χ3v) is 5.73. The minimum Gasteiger partial charge on any atom is -0.494 e. The highest BCUT2D eigenvalue weighted by Crippen LogP contribution is 2.45. The number of likely N-dealkylation sites (tertiary alicyclic amines) is 1. The van der Waals surface area contributed by atoms with E-state index in [9.17, 15) is 14.7 Å².